The number of benzene rings is 1. The van der Waals surface area contributed by atoms with E-state index >= 15 is 0 Å². The molecule has 1 saturated carbocycles. The highest BCUT2D eigenvalue weighted by Crippen LogP contribution is 2.32. The Labute approximate surface area is 149 Å². The van der Waals surface area contributed by atoms with Gasteiger partial charge in [0.15, 0.2) is 0 Å². The lowest BCUT2D eigenvalue weighted by molar-refractivity contribution is -0.121. The first kappa shape index (κ1) is 18.8. The standard InChI is InChI=1S/C19H26N2O2.ClH/c1-12(2)18(21-17(22)11-20-10-14-8-9-14)19-13(3)15-6-4-5-7-16(15)23-19;/h4-7,12,14,18,20H,8-11H2,1-3H3,(H,21,22);1H. The second kappa shape index (κ2) is 8.04. The van der Waals surface area contributed by atoms with Gasteiger partial charge in [-0.25, -0.2) is 0 Å². The maximum absolute atomic E-state index is 12.2. The molecule has 1 unspecified atom stereocenters. The van der Waals surface area contributed by atoms with Gasteiger partial charge < -0.3 is 15.1 Å². The number of para-hydroxylation sites is 1. The Hall–Kier alpha value is -1.52. The predicted octanol–water partition coefficient (Wildman–Crippen LogP) is 3.98. The monoisotopic (exact) mass is 350 g/mol. The normalized spacial score (nSPS) is 15.3. The zero-order valence-electron chi connectivity index (χ0n) is 14.6. The molecule has 4 nitrogen and oxygen atoms in total. The van der Waals surface area contributed by atoms with Crippen molar-refractivity contribution in [3.05, 3.63) is 35.6 Å². The fourth-order valence-electron chi connectivity index (χ4n) is 2.96. The van der Waals surface area contributed by atoms with Gasteiger partial charge >= 0.3 is 0 Å². The van der Waals surface area contributed by atoms with Crippen LogP contribution in [0.1, 0.15) is 44.1 Å². The van der Waals surface area contributed by atoms with Crippen molar-refractivity contribution in [2.24, 2.45) is 11.8 Å². The van der Waals surface area contributed by atoms with Crippen molar-refractivity contribution in [2.75, 3.05) is 13.1 Å². The average Bonchev–Trinajstić information content (AvgIpc) is 3.29. The lowest BCUT2D eigenvalue weighted by atomic mass is 9.98. The number of nitrogens with one attached hydrogen (secondary N) is 2. The molecule has 1 amide bonds. The fourth-order valence-corrected chi connectivity index (χ4v) is 2.96. The van der Waals surface area contributed by atoms with Crippen molar-refractivity contribution in [3.63, 3.8) is 0 Å². The molecule has 1 fully saturated rings. The number of hydrogen-bond acceptors (Lipinski definition) is 3. The molecule has 0 saturated heterocycles. The van der Waals surface area contributed by atoms with Gasteiger partial charge in [-0.1, -0.05) is 32.0 Å². The van der Waals surface area contributed by atoms with Crippen molar-refractivity contribution in [3.8, 4) is 0 Å². The topological polar surface area (TPSA) is 54.3 Å². The first-order chi connectivity index (χ1) is 11.1. The number of carbonyl (C=O) groups excluding carboxylic acids is 1. The maximum atomic E-state index is 12.2. The number of carbonyl (C=O) groups is 1. The molecule has 1 aromatic heterocycles. The lowest BCUT2D eigenvalue weighted by Crippen LogP contribution is -2.38. The number of amides is 1. The summed E-state index contributed by atoms with van der Waals surface area (Å²) in [5.74, 6) is 1.95. The highest BCUT2D eigenvalue weighted by molar-refractivity contribution is 5.85. The van der Waals surface area contributed by atoms with Crippen LogP contribution in [0.2, 0.25) is 0 Å². The Kier molecular flexibility index (Phi) is 6.30. The predicted molar refractivity (Wildman–Crippen MR) is 99.5 cm³/mol. The third kappa shape index (κ3) is 4.31. The molecule has 1 atom stereocenters. The van der Waals surface area contributed by atoms with Crippen molar-refractivity contribution < 1.29 is 9.21 Å². The van der Waals surface area contributed by atoms with Crippen LogP contribution >= 0.6 is 12.4 Å². The third-order valence-electron chi connectivity index (χ3n) is 4.56. The van der Waals surface area contributed by atoms with Crippen LogP contribution in [0.5, 0.6) is 0 Å². The molecule has 2 N–H and O–H groups in total. The van der Waals surface area contributed by atoms with Crippen LogP contribution in [-0.2, 0) is 4.79 Å². The highest BCUT2D eigenvalue weighted by Gasteiger charge is 2.25. The summed E-state index contributed by atoms with van der Waals surface area (Å²) in [5.41, 5.74) is 2.00. The minimum Gasteiger partial charge on any atom is -0.459 e. The molecule has 132 valence electrons. The van der Waals surface area contributed by atoms with Crippen LogP contribution in [0, 0.1) is 18.8 Å². The summed E-state index contributed by atoms with van der Waals surface area (Å²) < 4.78 is 6.04. The minimum atomic E-state index is -0.0994. The van der Waals surface area contributed by atoms with Gasteiger partial charge in [-0.2, -0.15) is 0 Å². The van der Waals surface area contributed by atoms with Crippen LogP contribution in [0.25, 0.3) is 11.0 Å². The van der Waals surface area contributed by atoms with Crippen molar-refractivity contribution in [1.29, 1.82) is 0 Å². The zero-order valence-corrected chi connectivity index (χ0v) is 15.4. The van der Waals surface area contributed by atoms with Crippen LogP contribution in [0.4, 0.5) is 0 Å². The number of hydrogen-bond donors (Lipinski definition) is 2. The van der Waals surface area contributed by atoms with Gasteiger partial charge in [0, 0.05) is 10.9 Å². The Balaban J connectivity index is 0.00000208. The van der Waals surface area contributed by atoms with E-state index < -0.39 is 0 Å². The van der Waals surface area contributed by atoms with Gasteiger partial charge in [-0.15, -0.1) is 12.4 Å². The first-order valence-corrected chi connectivity index (χ1v) is 8.54. The van der Waals surface area contributed by atoms with E-state index in [0.717, 1.165) is 34.8 Å². The van der Waals surface area contributed by atoms with Crippen LogP contribution in [0.3, 0.4) is 0 Å². The highest BCUT2D eigenvalue weighted by atomic mass is 35.5. The SMILES string of the molecule is Cc1c(C(NC(=O)CNCC2CC2)C(C)C)oc2ccccc12.Cl. The first-order valence-electron chi connectivity index (χ1n) is 8.54. The van der Waals surface area contributed by atoms with E-state index in [4.69, 9.17) is 4.42 Å². The molecule has 1 aliphatic rings. The van der Waals surface area contributed by atoms with Crippen molar-refractivity contribution in [2.45, 2.75) is 39.7 Å². The molecule has 1 aliphatic carbocycles. The molecule has 1 aromatic carbocycles. The molecule has 24 heavy (non-hydrogen) atoms. The molecular weight excluding hydrogens is 324 g/mol. The zero-order chi connectivity index (χ0) is 16.4. The second-order valence-electron chi connectivity index (χ2n) is 6.95. The van der Waals surface area contributed by atoms with Crippen molar-refractivity contribution >= 4 is 29.3 Å². The number of fused-ring (bicyclic) bond motifs is 1. The van der Waals surface area contributed by atoms with Crippen LogP contribution < -0.4 is 10.6 Å². The van der Waals surface area contributed by atoms with E-state index in [1.807, 2.05) is 18.2 Å². The Morgan fingerprint density at radius 2 is 2.00 bits per heavy atom. The lowest BCUT2D eigenvalue weighted by Gasteiger charge is -2.21. The number of furan rings is 1. The van der Waals surface area contributed by atoms with E-state index in [1.54, 1.807) is 0 Å². The van der Waals surface area contributed by atoms with Crippen molar-refractivity contribution in [1.82, 2.24) is 10.6 Å². The summed E-state index contributed by atoms with van der Waals surface area (Å²) in [4.78, 5) is 12.2. The van der Waals surface area contributed by atoms with Gasteiger partial charge in [-0.05, 0) is 44.2 Å². The van der Waals surface area contributed by atoms with Gasteiger partial charge in [0.1, 0.15) is 11.3 Å². The number of rotatable bonds is 7. The summed E-state index contributed by atoms with van der Waals surface area (Å²) in [6, 6.07) is 7.92. The van der Waals surface area contributed by atoms with E-state index in [-0.39, 0.29) is 30.3 Å². The summed E-state index contributed by atoms with van der Waals surface area (Å²) in [5, 5.41) is 7.49. The molecule has 2 aromatic rings. The van der Waals surface area contributed by atoms with E-state index in [0.29, 0.717) is 6.54 Å². The fraction of sp³-hybridized carbons (Fsp3) is 0.526. The van der Waals surface area contributed by atoms with E-state index in [2.05, 4.69) is 37.5 Å². The molecule has 0 bridgehead atoms. The molecule has 0 spiro atoms. The van der Waals surface area contributed by atoms with E-state index in [9.17, 15) is 4.79 Å². The number of aryl methyl sites for hydroxylation is 1. The second-order valence-corrected chi connectivity index (χ2v) is 6.95. The van der Waals surface area contributed by atoms with Gasteiger partial charge in [0.2, 0.25) is 5.91 Å². The molecular formula is C19H27ClN2O2. The maximum Gasteiger partial charge on any atom is 0.234 e. The Morgan fingerprint density at radius 1 is 1.29 bits per heavy atom. The Bertz CT molecular complexity index is 692. The summed E-state index contributed by atoms with van der Waals surface area (Å²) in [7, 11) is 0. The number of halogens is 1. The average molecular weight is 351 g/mol. The summed E-state index contributed by atoms with van der Waals surface area (Å²) in [6.45, 7) is 7.60. The third-order valence-corrected chi connectivity index (χ3v) is 4.56. The molecule has 5 heteroatoms. The molecule has 1 heterocycles. The summed E-state index contributed by atoms with van der Waals surface area (Å²) in [6.07, 6.45) is 2.59. The van der Waals surface area contributed by atoms with Crippen LogP contribution in [0.15, 0.2) is 28.7 Å². The Morgan fingerprint density at radius 3 is 2.62 bits per heavy atom. The van der Waals surface area contributed by atoms with E-state index in [1.165, 1.54) is 12.8 Å². The molecule has 0 aliphatic heterocycles. The molecule has 0 radical (unpaired) electrons. The molecule has 3 rings (SSSR count). The summed E-state index contributed by atoms with van der Waals surface area (Å²) >= 11 is 0. The van der Waals surface area contributed by atoms with Gasteiger partial charge in [0.25, 0.3) is 0 Å². The van der Waals surface area contributed by atoms with Gasteiger partial charge in [-0.3, -0.25) is 4.79 Å². The smallest absolute Gasteiger partial charge is 0.234 e. The minimum absolute atomic E-state index is 0. The largest absolute Gasteiger partial charge is 0.459 e. The van der Waals surface area contributed by atoms with Gasteiger partial charge in [0.05, 0.1) is 12.6 Å². The van der Waals surface area contributed by atoms with Crippen LogP contribution in [-0.4, -0.2) is 19.0 Å². The quantitative estimate of drug-likeness (QED) is 0.794.